The lowest BCUT2D eigenvalue weighted by atomic mass is 10.1. The van der Waals surface area contributed by atoms with Crippen molar-refractivity contribution < 1.29 is 19.4 Å². The lowest BCUT2D eigenvalue weighted by Crippen LogP contribution is -2.00. The second-order valence-electron chi connectivity index (χ2n) is 3.72. The molecule has 1 N–H and O–H groups in total. The quantitative estimate of drug-likeness (QED) is 0.458. The number of unbranched alkanes of at least 4 members (excludes halogenated alkanes) is 1. The number of hydrogen-bond donors (Lipinski definition) is 1. The predicted octanol–water partition coefficient (Wildman–Crippen LogP) is 2.23. The molecule has 4 nitrogen and oxygen atoms in total. The topological polar surface area (TPSA) is 55.8 Å². The number of hydrogen-bond acceptors (Lipinski definition) is 4. The normalized spacial score (nSPS) is 10.6. The zero-order valence-corrected chi connectivity index (χ0v) is 10.5. The third kappa shape index (κ3) is 5.01. The van der Waals surface area contributed by atoms with Crippen LogP contribution in [0.25, 0.3) is 6.08 Å². The molecular weight excluding hydrogens is 232 g/mol. The van der Waals surface area contributed by atoms with Gasteiger partial charge in [-0.15, -0.1) is 0 Å². The number of aliphatic hydroxyl groups excluding tert-OH is 1. The first-order valence-corrected chi connectivity index (χ1v) is 5.85. The number of methoxy groups -OCH3 is 1. The average molecular weight is 250 g/mol. The molecule has 98 valence electrons. The molecule has 0 spiro atoms. The Hall–Kier alpha value is -1.81. The standard InChI is InChI=1S/C14H18O4/c1-17-14(16)13-6-4-12(5-7-13)8-11-18-10-3-2-9-15/h4-8,11,15H,2-3,9-10H2,1H3. The van der Waals surface area contributed by atoms with Gasteiger partial charge in [0.15, 0.2) is 0 Å². The Labute approximate surface area is 107 Å². The Morgan fingerprint density at radius 3 is 2.61 bits per heavy atom. The summed E-state index contributed by atoms with van der Waals surface area (Å²) in [6.45, 7) is 0.791. The number of aliphatic hydroxyl groups is 1. The van der Waals surface area contributed by atoms with Crippen LogP contribution in [0.3, 0.4) is 0 Å². The molecule has 0 aliphatic heterocycles. The largest absolute Gasteiger partial charge is 0.501 e. The summed E-state index contributed by atoms with van der Waals surface area (Å²) < 4.78 is 9.87. The molecule has 0 saturated carbocycles. The van der Waals surface area contributed by atoms with Gasteiger partial charge < -0.3 is 14.6 Å². The first-order chi connectivity index (χ1) is 8.77. The van der Waals surface area contributed by atoms with E-state index in [-0.39, 0.29) is 12.6 Å². The van der Waals surface area contributed by atoms with E-state index in [1.165, 1.54) is 7.11 Å². The van der Waals surface area contributed by atoms with Crippen LogP contribution in [-0.4, -0.2) is 31.4 Å². The number of benzene rings is 1. The van der Waals surface area contributed by atoms with Crippen LogP contribution in [0, 0.1) is 0 Å². The smallest absolute Gasteiger partial charge is 0.337 e. The molecule has 0 aliphatic rings. The second-order valence-corrected chi connectivity index (χ2v) is 3.72. The van der Waals surface area contributed by atoms with Crippen LogP contribution in [0.2, 0.25) is 0 Å². The summed E-state index contributed by atoms with van der Waals surface area (Å²) in [5.74, 6) is -0.342. The molecule has 1 aromatic rings. The van der Waals surface area contributed by atoms with E-state index in [9.17, 15) is 4.79 Å². The van der Waals surface area contributed by atoms with Crippen molar-refractivity contribution in [2.45, 2.75) is 12.8 Å². The third-order valence-electron chi connectivity index (χ3n) is 2.36. The number of esters is 1. The zero-order chi connectivity index (χ0) is 13.2. The van der Waals surface area contributed by atoms with Crippen LogP contribution in [0.15, 0.2) is 30.5 Å². The molecule has 0 unspecified atom stereocenters. The Morgan fingerprint density at radius 2 is 2.00 bits per heavy atom. The number of ether oxygens (including phenoxy) is 2. The molecule has 0 amide bonds. The summed E-state index contributed by atoms with van der Waals surface area (Å²) in [5.41, 5.74) is 1.48. The van der Waals surface area contributed by atoms with Gasteiger partial charge in [-0.2, -0.15) is 0 Å². The zero-order valence-electron chi connectivity index (χ0n) is 10.5. The first kappa shape index (κ1) is 14.3. The third-order valence-corrected chi connectivity index (χ3v) is 2.36. The maximum atomic E-state index is 11.2. The minimum atomic E-state index is -0.342. The van der Waals surface area contributed by atoms with E-state index in [0.717, 1.165) is 18.4 Å². The lowest BCUT2D eigenvalue weighted by molar-refractivity contribution is 0.0600. The lowest BCUT2D eigenvalue weighted by Gasteiger charge is -2.00. The highest BCUT2D eigenvalue weighted by Gasteiger charge is 2.02. The van der Waals surface area contributed by atoms with Gasteiger partial charge in [-0.3, -0.25) is 0 Å². The van der Waals surface area contributed by atoms with Gasteiger partial charge in [0.25, 0.3) is 0 Å². The van der Waals surface area contributed by atoms with Crippen molar-refractivity contribution in [3.8, 4) is 0 Å². The molecule has 0 aliphatic carbocycles. The molecule has 1 aromatic carbocycles. The number of rotatable bonds is 7. The molecular formula is C14H18O4. The van der Waals surface area contributed by atoms with E-state index in [1.807, 2.05) is 18.2 Å². The molecule has 0 aromatic heterocycles. The summed E-state index contributed by atoms with van der Waals surface area (Å²) in [5, 5.41) is 8.58. The summed E-state index contributed by atoms with van der Waals surface area (Å²) >= 11 is 0. The van der Waals surface area contributed by atoms with Gasteiger partial charge in [0, 0.05) is 6.61 Å². The maximum absolute atomic E-state index is 11.2. The molecule has 1 rings (SSSR count). The van der Waals surface area contributed by atoms with Gasteiger partial charge >= 0.3 is 5.97 Å². The molecule has 0 radical (unpaired) electrons. The van der Waals surface area contributed by atoms with Crippen molar-refractivity contribution in [3.05, 3.63) is 41.7 Å². The molecule has 0 fully saturated rings. The summed E-state index contributed by atoms with van der Waals surface area (Å²) in [6.07, 6.45) is 5.02. The molecule has 18 heavy (non-hydrogen) atoms. The van der Waals surface area contributed by atoms with Crippen LogP contribution in [-0.2, 0) is 9.47 Å². The van der Waals surface area contributed by atoms with E-state index < -0.39 is 0 Å². The van der Waals surface area contributed by atoms with Gasteiger partial charge in [0.1, 0.15) is 0 Å². The van der Waals surface area contributed by atoms with E-state index in [2.05, 4.69) is 4.74 Å². The van der Waals surface area contributed by atoms with E-state index in [1.54, 1.807) is 18.4 Å². The van der Waals surface area contributed by atoms with Gasteiger partial charge in [0.05, 0.1) is 25.5 Å². The van der Waals surface area contributed by atoms with Crippen LogP contribution < -0.4 is 0 Å². The number of carbonyl (C=O) groups is 1. The van der Waals surface area contributed by atoms with Crippen LogP contribution in [0.5, 0.6) is 0 Å². The van der Waals surface area contributed by atoms with Crippen molar-refractivity contribution in [1.82, 2.24) is 0 Å². The van der Waals surface area contributed by atoms with Gasteiger partial charge in [-0.25, -0.2) is 4.79 Å². The highest BCUT2D eigenvalue weighted by molar-refractivity contribution is 5.89. The maximum Gasteiger partial charge on any atom is 0.337 e. The Morgan fingerprint density at radius 1 is 1.28 bits per heavy atom. The molecule has 4 heteroatoms. The van der Waals surface area contributed by atoms with Crippen LogP contribution >= 0.6 is 0 Å². The fourth-order valence-electron chi connectivity index (χ4n) is 1.34. The van der Waals surface area contributed by atoms with Gasteiger partial charge in [-0.1, -0.05) is 12.1 Å². The molecule has 0 bridgehead atoms. The summed E-state index contributed by atoms with van der Waals surface area (Å²) in [4.78, 5) is 11.2. The molecule has 0 atom stereocenters. The monoisotopic (exact) mass is 250 g/mol. The fraction of sp³-hybridized carbons (Fsp3) is 0.357. The number of carbonyl (C=O) groups excluding carboxylic acids is 1. The highest BCUT2D eigenvalue weighted by Crippen LogP contribution is 2.07. The predicted molar refractivity (Wildman–Crippen MR) is 69.1 cm³/mol. The minimum Gasteiger partial charge on any atom is -0.501 e. The average Bonchev–Trinajstić information content (AvgIpc) is 2.42. The van der Waals surface area contributed by atoms with E-state index >= 15 is 0 Å². The van der Waals surface area contributed by atoms with Crippen molar-refractivity contribution in [1.29, 1.82) is 0 Å². The first-order valence-electron chi connectivity index (χ1n) is 5.85. The van der Waals surface area contributed by atoms with Crippen molar-refractivity contribution >= 4 is 12.0 Å². The summed E-state index contributed by atoms with van der Waals surface area (Å²) in [6, 6.07) is 7.05. The van der Waals surface area contributed by atoms with Gasteiger partial charge in [-0.05, 0) is 36.6 Å². The Kier molecular flexibility index (Phi) is 6.58. The van der Waals surface area contributed by atoms with Crippen molar-refractivity contribution in [2.24, 2.45) is 0 Å². The van der Waals surface area contributed by atoms with E-state index in [0.29, 0.717) is 12.2 Å². The Bertz CT molecular complexity index is 381. The Balaban J connectivity index is 2.38. The fourth-order valence-corrected chi connectivity index (χ4v) is 1.34. The van der Waals surface area contributed by atoms with Gasteiger partial charge in [0.2, 0.25) is 0 Å². The second kappa shape index (κ2) is 8.31. The highest BCUT2D eigenvalue weighted by atomic mass is 16.5. The molecule has 0 saturated heterocycles. The van der Waals surface area contributed by atoms with Crippen LogP contribution in [0.1, 0.15) is 28.8 Å². The van der Waals surface area contributed by atoms with Crippen molar-refractivity contribution in [2.75, 3.05) is 20.3 Å². The SMILES string of the molecule is COC(=O)c1ccc(C=COCCCCO)cc1. The summed E-state index contributed by atoms with van der Waals surface area (Å²) in [7, 11) is 1.36. The van der Waals surface area contributed by atoms with E-state index in [4.69, 9.17) is 9.84 Å². The van der Waals surface area contributed by atoms with Crippen molar-refractivity contribution in [3.63, 3.8) is 0 Å². The van der Waals surface area contributed by atoms with Crippen LogP contribution in [0.4, 0.5) is 0 Å². The minimum absolute atomic E-state index is 0.196. The molecule has 0 heterocycles.